The van der Waals surface area contributed by atoms with E-state index in [-0.39, 0.29) is 11.4 Å². The van der Waals surface area contributed by atoms with Crippen molar-refractivity contribution in [1.29, 1.82) is 0 Å². The number of halogens is 3. The molecule has 20 heavy (non-hydrogen) atoms. The number of rotatable bonds is 3. The van der Waals surface area contributed by atoms with Crippen LogP contribution in [0.4, 0.5) is 15.9 Å². The minimum Gasteiger partial charge on any atom is -0.372 e. The van der Waals surface area contributed by atoms with Gasteiger partial charge in [0.15, 0.2) is 0 Å². The number of anilines is 2. The van der Waals surface area contributed by atoms with Gasteiger partial charge in [-0.05, 0) is 24.3 Å². The molecule has 1 aromatic heterocycles. The predicted octanol–water partition coefficient (Wildman–Crippen LogP) is 3.82. The number of aromatic nitrogens is 1. The number of benzene rings is 1. The van der Waals surface area contributed by atoms with Crippen LogP contribution in [0.1, 0.15) is 10.4 Å². The summed E-state index contributed by atoms with van der Waals surface area (Å²) in [5.74, 6) is -0.813. The van der Waals surface area contributed by atoms with Gasteiger partial charge in [0, 0.05) is 12.7 Å². The largest absolute Gasteiger partial charge is 0.372 e. The van der Waals surface area contributed by atoms with E-state index in [2.05, 4.69) is 15.6 Å². The number of nitrogens with one attached hydrogen (secondary N) is 2. The maximum absolute atomic E-state index is 13.2. The van der Waals surface area contributed by atoms with Crippen LogP contribution in [0.3, 0.4) is 0 Å². The summed E-state index contributed by atoms with van der Waals surface area (Å²) in [5, 5.41) is 6.02. The lowest BCUT2D eigenvalue weighted by atomic mass is 10.2. The molecule has 0 unspecified atom stereocenters. The molecule has 2 rings (SSSR count). The van der Waals surface area contributed by atoms with Crippen molar-refractivity contribution in [3.8, 4) is 0 Å². The Kier molecular flexibility index (Phi) is 4.42. The summed E-state index contributed by atoms with van der Waals surface area (Å²) < 4.78 is 13.2. The summed E-state index contributed by atoms with van der Waals surface area (Å²) in [6.07, 6.45) is 1.03. The maximum Gasteiger partial charge on any atom is 0.259 e. The highest BCUT2D eigenvalue weighted by Gasteiger charge is 2.14. The Morgan fingerprint density at radius 2 is 2.00 bits per heavy atom. The second kappa shape index (κ2) is 6.07. The molecule has 7 heteroatoms. The predicted molar refractivity (Wildman–Crippen MR) is 78.2 cm³/mol. The van der Waals surface area contributed by atoms with Crippen LogP contribution in [-0.2, 0) is 0 Å². The topological polar surface area (TPSA) is 54.0 Å². The summed E-state index contributed by atoms with van der Waals surface area (Å²) >= 11 is 11.6. The smallest absolute Gasteiger partial charge is 0.259 e. The molecular formula is C13H10Cl2FN3O. The van der Waals surface area contributed by atoms with Crippen LogP contribution in [0.25, 0.3) is 0 Å². The van der Waals surface area contributed by atoms with Crippen LogP contribution in [0.5, 0.6) is 0 Å². The molecule has 0 aliphatic heterocycles. The molecule has 1 heterocycles. The van der Waals surface area contributed by atoms with E-state index < -0.39 is 11.7 Å². The molecule has 1 aromatic carbocycles. The van der Waals surface area contributed by atoms with Gasteiger partial charge >= 0.3 is 0 Å². The summed E-state index contributed by atoms with van der Waals surface area (Å²) in [4.78, 5) is 15.9. The molecular weight excluding hydrogens is 304 g/mol. The zero-order chi connectivity index (χ0) is 14.7. The zero-order valence-corrected chi connectivity index (χ0v) is 11.9. The number of hydrogen-bond acceptors (Lipinski definition) is 3. The van der Waals surface area contributed by atoms with Crippen LogP contribution >= 0.6 is 23.2 Å². The van der Waals surface area contributed by atoms with E-state index >= 15 is 0 Å². The Bertz CT molecular complexity index is 664. The van der Waals surface area contributed by atoms with E-state index in [1.165, 1.54) is 6.07 Å². The van der Waals surface area contributed by atoms with Gasteiger partial charge < -0.3 is 10.6 Å². The van der Waals surface area contributed by atoms with Crippen LogP contribution in [0, 0.1) is 5.82 Å². The molecule has 0 aliphatic carbocycles. The monoisotopic (exact) mass is 313 g/mol. The van der Waals surface area contributed by atoms with Crippen molar-refractivity contribution in [1.82, 2.24) is 4.98 Å². The van der Waals surface area contributed by atoms with Crippen molar-refractivity contribution in [3.05, 3.63) is 51.9 Å². The first-order chi connectivity index (χ1) is 9.51. The lowest BCUT2D eigenvalue weighted by molar-refractivity contribution is 0.102. The first-order valence-electron chi connectivity index (χ1n) is 5.61. The summed E-state index contributed by atoms with van der Waals surface area (Å²) in [6, 6.07) is 5.76. The Hall–Kier alpha value is -1.85. The second-order valence-electron chi connectivity index (χ2n) is 3.88. The van der Waals surface area contributed by atoms with Gasteiger partial charge in [-0.15, -0.1) is 0 Å². The molecule has 0 spiro atoms. The fourth-order valence-corrected chi connectivity index (χ4v) is 1.88. The van der Waals surface area contributed by atoms with E-state index in [0.717, 1.165) is 12.3 Å². The lowest BCUT2D eigenvalue weighted by Crippen LogP contribution is -2.15. The van der Waals surface area contributed by atoms with Crippen LogP contribution < -0.4 is 10.6 Å². The summed E-state index contributed by atoms with van der Waals surface area (Å²) in [7, 11) is 1.59. The molecule has 2 N–H and O–H groups in total. The maximum atomic E-state index is 13.2. The van der Waals surface area contributed by atoms with Crippen LogP contribution in [0.15, 0.2) is 30.5 Å². The van der Waals surface area contributed by atoms with Gasteiger partial charge in [0.05, 0.1) is 21.8 Å². The Morgan fingerprint density at radius 3 is 2.65 bits per heavy atom. The van der Waals surface area contributed by atoms with E-state index in [1.807, 2.05) is 0 Å². The highest BCUT2D eigenvalue weighted by molar-refractivity contribution is 6.42. The highest BCUT2D eigenvalue weighted by Crippen LogP contribution is 2.25. The fourth-order valence-electron chi connectivity index (χ4n) is 1.58. The molecule has 0 aliphatic rings. The number of carbonyl (C=O) groups excluding carboxylic acids is 1. The molecule has 4 nitrogen and oxygen atoms in total. The van der Waals surface area contributed by atoms with Crippen LogP contribution in [0.2, 0.25) is 10.0 Å². The van der Waals surface area contributed by atoms with Gasteiger partial charge in [-0.3, -0.25) is 4.79 Å². The number of hydrogen-bond donors (Lipinski definition) is 2. The lowest BCUT2D eigenvalue weighted by Gasteiger charge is -2.09. The van der Waals surface area contributed by atoms with E-state index in [0.29, 0.717) is 15.7 Å². The van der Waals surface area contributed by atoms with Gasteiger partial charge in [0.2, 0.25) is 0 Å². The Morgan fingerprint density at radius 1 is 1.25 bits per heavy atom. The van der Waals surface area contributed by atoms with Crippen molar-refractivity contribution in [2.24, 2.45) is 0 Å². The van der Waals surface area contributed by atoms with Crippen molar-refractivity contribution >= 4 is 40.6 Å². The first kappa shape index (κ1) is 14.6. The Labute approximate surface area is 124 Å². The minimum atomic E-state index is -0.594. The SMILES string of the molecule is CNc1ncc(F)cc1C(=O)Nc1ccc(Cl)c(Cl)c1. The summed E-state index contributed by atoms with van der Waals surface area (Å²) in [5.41, 5.74) is 0.550. The number of amides is 1. The van der Waals surface area contributed by atoms with Gasteiger partial charge in [-0.2, -0.15) is 0 Å². The van der Waals surface area contributed by atoms with Gasteiger partial charge in [0.25, 0.3) is 5.91 Å². The van der Waals surface area contributed by atoms with E-state index in [4.69, 9.17) is 23.2 Å². The standard InChI is InChI=1S/C13H10Cl2FN3O/c1-17-12-9(4-7(16)6-18-12)13(20)19-8-2-3-10(14)11(15)5-8/h2-6H,1H3,(H,17,18)(H,19,20). The third-order valence-corrected chi connectivity index (χ3v) is 3.25. The third-order valence-electron chi connectivity index (χ3n) is 2.51. The van der Waals surface area contributed by atoms with Gasteiger partial charge in [-0.25, -0.2) is 9.37 Å². The zero-order valence-electron chi connectivity index (χ0n) is 10.4. The average molecular weight is 314 g/mol. The molecule has 2 aromatic rings. The molecule has 0 bridgehead atoms. The molecule has 0 fully saturated rings. The van der Waals surface area contributed by atoms with Crippen molar-refractivity contribution in [2.45, 2.75) is 0 Å². The second-order valence-corrected chi connectivity index (χ2v) is 4.70. The summed E-state index contributed by atoms with van der Waals surface area (Å²) in [6.45, 7) is 0. The number of nitrogens with zero attached hydrogens (tertiary/aromatic N) is 1. The van der Waals surface area contributed by atoms with Crippen molar-refractivity contribution in [2.75, 3.05) is 17.7 Å². The Balaban J connectivity index is 2.27. The van der Waals surface area contributed by atoms with Gasteiger partial charge in [-0.1, -0.05) is 23.2 Å². The van der Waals surface area contributed by atoms with Gasteiger partial charge in [0.1, 0.15) is 11.6 Å². The quantitative estimate of drug-likeness (QED) is 0.905. The van der Waals surface area contributed by atoms with Crippen molar-refractivity contribution < 1.29 is 9.18 Å². The minimum absolute atomic E-state index is 0.0959. The highest BCUT2D eigenvalue weighted by atomic mass is 35.5. The van der Waals surface area contributed by atoms with E-state index in [1.54, 1.807) is 19.2 Å². The molecule has 0 saturated carbocycles. The average Bonchev–Trinajstić information content (AvgIpc) is 2.43. The molecule has 0 radical (unpaired) electrons. The number of carbonyl (C=O) groups is 1. The molecule has 1 amide bonds. The first-order valence-corrected chi connectivity index (χ1v) is 6.36. The molecule has 0 saturated heterocycles. The molecule has 0 atom stereocenters. The number of pyridine rings is 1. The third kappa shape index (κ3) is 3.18. The molecule has 104 valence electrons. The van der Waals surface area contributed by atoms with Crippen molar-refractivity contribution in [3.63, 3.8) is 0 Å². The van der Waals surface area contributed by atoms with Crippen LogP contribution in [-0.4, -0.2) is 17.9 Å². The fraction of sp³-hybridized carbons (Fsp3) is 0.0769. The normalized spacial score (nSPS) is 10.2. The van der Waals surface area contributed by atoms with E-state index in [9.17, 15) is 9.18 Å².